The van der Waals surface area contributed by atoms with Gasteiger partial charge < -0.3 is 19.3 Å². The molecule has 1 aromatic carbocycles. The van der Waals surface area contributed by atoms with Gasteiger partial charge in [-0.05, 0) is 92.4 Å². The van der Waals surface area contributed by atoms with Gasteiger partial charge in [-0.3, -0.25) is 9.78 Å². The van der Waals surface area contributed by atoms with Gasteiger partial charge in [-0.15, -0.1) is 11.8 Å². The molecule has 0 unspecified atom stereocenters. The van der Waals surface area contributed by atoms with Crippen LogP contribution < -0.4 is 4.74 Å². The number of hydrogen-bond acceptors (Lipinski definition) is 5. The second kappa shape index (κ2) is 12.5. The predicted molar refractivity (Wildman–Crippen MR) is 142 cm³/mol. The van der Waals surface area contributed by atoms with E-state index in [1.165, 1.54) is 16.0 Å². The van der Waals surface area contributed by atoms with Crippen molar-refractivity contribution in [3.05, 3.63) is 54.4 Å². The number of carboxylic acid groups (broad SMARTS) is 1. The summed E-state index contributed by atoms with van der Waals surface area (Å²) in [5.41, 5.74) is 2.32. The van der Waals surface area contributed by atoms with Gasteiger partial charge in [-0.25, -0.2) is 0 Å². The molecule has 6 nitrogen and oxygen atoms in total. The summed E-state index contributed by atoms with van der Waals surface area (Å²) in [7, 11) is 3.78. The van der Waals surface area contributed by atoms with E-state index in [-0.39, 0.29) is 6.42 Å². The first-order chi connectivity index (χ1) is 17.0. The average Bonchev–Trinajstić information content (AvgIpc) is 3.28. The highest BCUT2D eigenvalue weighted by atomic mass is 32.2. The number of nitrogens with zero attached hydrogens (tertiary/aromatic N) is 3. The molecule has 35 heavy (non-hydrogen) atoms. The predicted octanol–water partition coefficient (Wildman–Crippen LogP) is 5.50. The molecule has 3 heterocycles. The van der Waals surface area contributed by atoms with Gasteiger partial charge in [0, 0.05) is 50.1 Å². The number of thioether (sulfide) groups is 1. The monoisotopic (exact) mass is 495 g/mol. The number of carbonyl (C=O) groups is 1. The zero-order valence-corrected chi connectivity index (χ0v) is 21.7. The van der Waals surface area contributed by atoms with E-state index in [1.54, 1.807) is 7.11 Å². The van der Waals surface area contributed by atoms with E-state index in [0.717, 1.165) is 68.8 Å². The van der Waals surface area contributed by atoms with E-state index in [0.29, 0.717) is 11.8 Å². The minimum Gasteiger partial charge on any atom is -0.497 e. The Balaban J connectivity index is 1.32. The maximum absolute atomic E-state index is 11.3. The standard InChI is InChI=1S/C28H37N3O3S/c1-30-15-4-7-27(30)35-18-17-31-16-13-21(23(20-31)8-11-28(32)33)5-3-6-22-12-14-29-26-10-9-24(34-2)19-25(22)26/h4,7,9-10,12,14-15,19,21,23H,3,5-6,8,11,13,16-18,20H2,1-2H3,(H,32,33)/t21-,23+/m1/s1. The molecule has 0 radical (unpaired) electrons. The number of aryl methyl sites for hydroxylation is 2. The summed E-state index contributed by atoms with van der Waals surface area (Å²) in [5.74, 6) is 2.28. The van der Waals surface area contributed by atoms with Crippen LogP contribution in [0, 0.1) is 11.8 Å². The summed E-state index contributed by atoms with van der Waals surface area (Å²) in [5, 5.41) is 11.8. The fraction of sp³-hybridized carbons (Fsp3) is 0.500. The van der Waals surface area contributed by atoms with E-state index < -0.39 is 5.97 Å². The Bertz CT molecular complexity index is 1120. The van der Waals surface area contributed by atoms with Gasteiger partial charge in [0.1, 0.15) is 5.75 Å². The number of fused-ring (bicyclic) bond motifs is 1. The first-order valence-corrected chi connectivity index (χ1v) is 13.6. The number of benzene rings is 1. The highest BCUT2D eigenvalue weighted by molar-refractivity contribution is 7.99. The van der Waals surface area contributed by atoms with Gasteiger partial charge in [0.05, 0.1) is 17.7 Å². The quantitative estimate of drug-likeness (QED) is 0.335. The van der Waals surface area contributed by atoms with Crippen molar-refractivity contribution in [2.45, 2.75) is 43.6 Å². The smallest absolute Gasteiger partial charge is 0.303 e. The van der Waals surface area contributed by atoms with E-state index >= 15 is 0 Å². The third-order valence-electron chi connectivity index (χ3n) is 7.32. The molecule has 2 atom stereocenters. The van der Waals surface area contributed by atoms with Crippen LogP contribution in [0.25, 0.3) is 10.9 Å². The van der Waals surface area contributed by atoms with Crippen LogP contribution in [0.3, 0.4) is 0 Å². The number of carboxylic acids is 1. The lowest BCUT2D eigenvalue weighted by Gasteiger charge is -2.39. The van der Waals surface area contributed by atoms with Crippen molar-refractivity contribution in [1.82, 2.24) is 14.5 Å². The third kappa shape index (κ3) is 7.01. The fourth-order valence-corrected chi connectivity index (χ4v) is 6.33. The van der Waals surface area contributed by atoms with Crippen molar-refractivity contribution in [3.8, 4) is 5.75 Å². The maximum Gasteiger partial charge on any atom is 0.303 e. The molecular weight excluding hydrogens is 458 g/mol. The molecule has 0 amide bonds. The fourth-order valence-electron chi connectivity index (χ4n) is 5.33. The zero-order valence-electron chi connectivity index (χ0n) is 20.9. The van der Waals surface area contributed by atoms with Crippen molar-refractivity contribution in [1.29, 1.82) is 0 Å². The van der Waals surface area contributed by atoms with E-state index in [4.69, 9.17) is 4.74 Å². The van der Waals surface area contributed by atoms with Crippen LogP contribution >= 0.6 is 11.8 Å². The van der Waals surface area contributed by atoms with Crippen LogP contribution in [0.5, 0.6) is 5.75 Å². The molecule has 2 aromatic heterocycles. The molecule has 3 aromatic rings. The van der Waals surface area contributed by atoms with E-state index in [9.17, 15) is 9.90 Å². The summed E-state index contributed by atoms with van der Waals surface area (Å²) in [6.45, 7) is 3.18. The lowest BCUT2D eigenvalue weighted by molar-refractivity contribution is -0.137. The number of ether oxygens (including phenoxy) is 1. The molecule has 4 rings (SSSR count). The number of pyridine rings is 1. The Morgan fingerprint density at radius 2 is 2.11 bits per heavy atom. The number of rotatable bonds is 12. The van der Waals surface area contributed by atoms with Gasteiger partial charge in [0.2, 0.25) is 0 Å². The van der Waals surface area contributed by atoms with Crippen molar-refractivity contribution in [2.75, 3.05) is 32.5 Å². The molecule has 0 spiro atoms. The van der Waals surface area contributed by atoms with Gasteiger partial charge in [0.25, 0.3) is 0 Å². The highest BCUT2D eigenvalue weighted by Crippen LogP contribution is 2.32. The van der Waals surface area contributed by atoms with E-state index in [2.05, 4.69) is 52.0 Å². The zero-order chi connectivity index (χ0) is 24.6. The van der Waals surface area contributed by atoms with Crippen LogP contribution in [0.15, 0.2) is 53.8 Å². The Labute approximate surface area is 212 Å². The Kier molecular flexibility index (Phi) is 9.10. The van der Waals surface area contributed by atoms with Crippen LogP contribution in [0.1, 0.15) is 37.7 Å². The summed E-state index contributed by atoms with van der Waals surface area (Å²) in [4.78, 5) is 18.4. The molecule has 188 valence electrons. The minimum absolute atomic E-state index is 0.266. The third-order valence-corrected chi connectivity index (χ3v) is 8.42. The maximum atomic E-state index is 11.3. The molecule has 1 fully saturated rings. The Hall–Kier alpha value is -2.51. The number of aliphatic carboxylic acids is 1. The van der Waals surface area contributed by atoms with Gasteiger partial charge in [-0.1, -0.05) is 0 Å². The molecule has 1 saturated heterocycles. The Morgan fingerprint density at radius 1 is 1.23 bits per heavy atom. The number of likely N-dealkylation sites (tertiary alicyclic amines) is 1. The van der Waals surface area contributed by atoms with E-state index in [1.807, 2.05) is 30.1 Å². The molecular formula is C28H37N3O3S. The first-order valence-electron chi connectivity index (χ1n) is 12.6. The SMILES string of the molecule is COc1ccc2nccc(CCC[C@@H]3CCN(CCSc4cccn4C)C[C@@H]3CCC(=O)O)c2c1. The highest BCUT2D eigenvalue weighted by Gasteiger charge is 2.29. The molecule has 1 aliphatic rings. The van der Waals surface area contributed by atoms with Gasteiger partial charge in [0.15, 0.2) is 0 Å². The average molecular weight is 496 g/mol. The number of methoxy groups -OCH3 is 1. The van der Waals surface area contributed by atoms with Crippen LogP contribution in [-0.4, -0.2) is 58.0 Å². The number of aromatic nitrogens is 2. The minimum atomic E-state index is -0.683. The second-order valence-electron chi connectivity index (χ2n) is 9.59. The summed E-state index contributed by atoms with van der Waals surface area (Å²) in [6, 6.07) is 12.4. The molecule has 0 bridgehead atoms. The first kappa shape index (κ1) is 25.6. The van der Waals surface area contributed by atoms with Gasteiger partial charge >= 0.3 is 5.97 Å². The molecule has 1 N–H and O–H groups in total. The topological polar surface area (TPSA) is 67.6 Å². The molecule has 0 saturated carbocycles. The van der Waals surface area contributed by atoms with Crippen LogP contribution in [0.2, 0.25) is 0 Å². The lowest BCUT2D eigenvalue weighted by atomic mass is 9.79. The van der Waals surface area contributed by atoms with Crippen LogP contribution in [0.4, 0.5) is 0 Å². The number of piperidine rings is 1. The van der Waals surface area contributed by atoms with Crippen molar-refractivity contribution in [2.24, 2.45) is 18.9 Å². The van der Waals surface area contributed by atoms with Gasteiger partial charge in [-0.2, -0.15) is 0 Å². The van der Waals surface area contributed by atoms with Crippen molar-refractivity contribution < 1.29 is 14.6 Å². The van der Waals surface area contributed by atoms with Crippen molar-refractivity contribution in [3.63, 3.8) is 0 Å². The largest absolute Gasteiger partial charge is 0.497 e. The molecule has 7 heteroatoms. The summed E-state index contributed by atoms with van der Waals surface area (Å²) in [6.07, 6.45) is 9.43. The normalized spacial score (nSPS) is 18.7. The molecule has 1 aliphatic heterocycles. The summed E-state index contributed by atoms with van der Waals surface area (Å²) >= 11 is 1.90. The van der Waals surface area contributed by atoms with Crippen LogP contribution in [-0.2, 0) is 18.3 Å². The van der Waals surface area contributed by atoms with Crippen molar-refractivity contribution >= 4 is 28.6 Å². The second-order valence-corrected chi connectivity index (χ2v) is 10.7. The summed E-state index contributed by atoms with van der Waals surface area (Å²) < 4.78 is 7.58. The number of hydrogen-bond donors (Lipinski definition) is 1. The lowest BCUT2D eigenvalue weighted by Crippen LogP contribution is -2.41. The Morgan fingerprint density at radius 3 is 2.89 bits per heavy atom. The molecule has 0 aliphatic carbocycles.